The molecule has 1 N–H and O–H groups in total. The van der Waals surface area contributed by atoms with Crippen molar-refractivity contribution in [1.82, 2.24) is 24.3 Å². The van der Waals surface area contributed by atoms with Crippen molar-refractivity contribution in [3.63, 3.8) is 0 Å². The zero-order chi connectivity index (χ0) is 25.2. The van der Waals surface area contributed by atoms with Crippen molar-refractivity contribution in [1.29, 1.82) is 0 Å². The lowest BCUT2D eigenvalue weighted by Crippen LogP contribution is -2.28. The van der Waals surface area contributed by atoms with Crippen LogP contribution >= 0.6 is 23.2 Å². The molecule has 1 atom stereocenters. The Morgan fingerprint density at radius 2 is 1.92 bits per heavy atom. The molecule has 0 bridgehead atoms. The molecule has 11 heteroatoms. The molecule has 1 aromatic carbocycles. The van der Waals surface area contributed by atoms with Gasteiger partial charge in [-0.25, -0.2) is 14.4 Å². The highest BCUT2D eigenvalue weighted by atomic mass is 35.5. The Morgan fingerprint density at radius 3 is 2.61 bits per heavy atom. The van der Waals surface area contributed by atoms with Crippen LogP contribution in [-0.2, 0) is 11.8 Å². The summed E-state index contributed by atoms with van der Waals surface area (Å²) < 4.78 is 23.3. The molecule has 186 valence electrons. The average molecular weight is 529 g/mol. The number of halogens is 3. The minimum atomic E-state index is -0.613. The second kappa shape index (κ2) is 10.4. The Hall–Kier alpha value is -3.27. The number of benzene rings is 1. The van der Waals surface area contributed by atoms with Gasteiger partial charge in [-0.1, -0.05) is 29.3 Å². The van der Waals surface area contributed by atoms with Gasteiger partial charge in [-0.3, -0.25) is 9.48 Å². The molecule has 3 aromatic heterocycles. The van der Waals surface area contributed by atoms with Gasteiger partial charge >= 0.3 is 0 Å². The van der Waals surface area contributed by atoms with E-state index in [1.807, 2.05) is 12.3 Å². The first-order valence-electron chi connectivity index (χ1n) is 11.4. The topological polar surface area (TPSA) is 86.9 Å². The molecule has 0 amide bonds. The van der Waals surface area contributed by atoms with Crippen LogP contribution < -0.4 is 10.9 Å². The molecule has 1 unspecified atom stereocenters. The minimum Gasteiger partial charge on any atom is -0.381 e. The summed E-state index contributed by atoms with van der Waals surface area (Å²) in [7, 11) is 1.80. The second-order valence-corrected chi connectivity index (χ2v) is 9.42. The fraction of sp³-hybridized carbons (Fsp3) is 0.280. The molecule has 1 aliphatic rings. The lowest BCUT2D eigenvalue weighted by molar-refractivity contribution is 0.0903. The van der Waals surface area contributed by atoms with Crippen molar-refractivity contribution in [2.45, 2.75) is 24.9 Å². The van der Waals surface area contributed by atoms with Gasteiger partial charge in [0.05, 0.1) is 28.5 Å². The lowest BCUT2D eigenvalue weighted by Gasteiger charge is -2.23. The van der Waals surface area contributed by atoms with Gasteiger partial charge in [0.25, 0.3) is 5.56 Å². The zero-order valence-corrected chi connectivity index (χ0v) is 20.9. The van der Waals surface area contributed by atoms with Crippen molar-refractivity contribution >= 4 is 29.2 Å². The number of rotatable bonds is 6. The van der Waals surface area contributed by atoms with Gasteiger partial charge in [0, 0.05) is 55.9 Å². The summed E-state index contributed by atoms with van der Waals surface area (Å²) >= 11 is 12.4. The van der Waals surface area contributed by atoms with E-state index < -0.39 is 11.9 Å². The first-order valence-corrected chi connectivity index (χ1v) is 12.2. The van der Waals surface area contributed by atoms with Gasteiger partial charge in [0.1, 0.15) is 5.69 Å². The lowest BCUT2D eigenvalue weighted by atomic mass is 10.0. The molecule has 8 nitrogen and oxygen atoms in total. The predicted molar refractivity (Wildman–Crippen MR) is 136 cm³/mol. The van der Waals surface area contributed by atoms with Crippen LogP contribution in [-0.4, -0.2) is 43.6 Å². The Kier molecular flexibility index (Phi) is 7.04. The maximum absolute atomic E-state index is 14.7. The summed E-state index contributed by atoms with van der Waals surface area (Å²) in [6.07, 6.45) is 7.87. The fourth-order valence-corrected chi connectivity index (χ4v) is 4.60. The third kappa shape index (κ3) is 5.13. The number of hydrogen-bond acceptors (Lipinski definition) is 6. The van der Waals surface area contributed by atoms with Crippen LogP contribution in [0.4, 0.5) is 10.3 Å². The van der Waals surface area contributed by atoms with E-state index in [-0.39, 0.29) is 17.3 Å². The van der Waals surface area contributed by atoms with Crippen LogP contribution in [0, 0.1) is 5.82 Å². The van der Waals surface area contributed by atoms with E-state index in [0.29, 0.717) is 34.8 Å². The number of nitrogens with zero attached hydrogens (tertiary/aromatic N) is 5. The van der Waals surface area contributed by atoms with Gasteiger partial charge in [0.2, 0.25) is 5.95 Å². The molecule has 0 aliphatic carbocycles. The molecular weight excluding hydrogens is 506 g/mol. The smallest absolute Gasteiger partial charge is 0.252 e. The first kappa shape index (κ1) is 24.4. The van der Waals surface area contributed by atoms with Crippen LogP contribution in [0.15, 0.2) is 59.9 Å². The summed E-state index contributed by atoms with van der Waals surface area (Å²) in [6.45, 7) is 1.31. The molecule has 5 rings (SSSR count). The average Bonchev–Trinajstić information content (AvgIpc) is 3.30. The van der Waals surface area contributed by atoms with Gasteiger partial charge in [-0.05, 0) is 36.6 Å². The number of hydrogen-bond donors (Lipinski definition) is 1. The van der Waals surface area contributed by atoms with Gasteiger partial charge in [0.15, 0.2) is 5.82 Å². The molecule has 1 aliphatic heterocycles. The summed E-state index contributed by atoms with van der Waals surface area (Å²) in [5, 5.41) is 8.28. The Morgan fingerprint density at radius 1 is 1.11 bits per heavy atom. The summed E-state index contributed by atoms with van der Waals surface area (Å²) in [6, 6.07) is 7.87. The van der Waals surface area contributed by atoms with Crippen molar-refractivity contribution in [2.24, 2.45) is 7.05 Å². The molecule has 4 heterocycles. The quantitative estimate of drug-likeness (QED) is 0.389. The first-order chi connectivity index (χ1) is 17.4. The van der Waals surface area contributed by atoms with Crippen molar-refractivity contribution in [3.05, 3.63) is 92.5 Å². The Balaban J connectivity index is 1.51. The van der Waals surface area contributed by atoms with Gasteiger partial charge < -0.3 is 14.6 Å². The molecule has 1 saturated heterocycles. The van der Waals surface area contributed by atoms with E-state index in [2.05, 4.69) is 20.4 Å². The molecule has 0 saturated carbocycles. The van der Waals surface area contributed by atoms with Crippen LogP contribution in [0.1, 0.15) is 30.0 Å². The summed E-state index contributed by atoms with van der Waals surface area (Å²) in [4.78, 5) is 21.8. The third-order valence-electron chi connectivity index (χ3n) is 6.10. The third-order valence-corrected chi connectivity index (χ3v) is 6.84. The van der Waals surface area contributed by atoms with Crippen molar-refractivity contribution < 1.29 is 9.13 Å². The fourth-order valence-electron chi connectivity index (χ4n) is 4.29. The van der Waals surface area contributed by atoms with Crippen LogP contribution in [0.3, 0.4) is 0 Å². The highest BCUT2D eigenvalue weighted by Gasteiger charge is 2.22. The summed E-state index contributed by atoms with van der Waals surface area (Å²) in [5.74, 6) is -0.301. The van der Waals surface area contributed by atoms with Crippen LogP contribution in [0.25, 0.3) is 11.3 Å². The monoisotopic (exact) mass is 528 g/mol. The predicted octanol–water partition coefficient (Wildman–Crippen LogP) is 4.71. The second-order valence-electron chi connectivity index (χ2n) is 8.61. The maximum Gasteiger partial charge on any atom is 0.252 e. The SMILES string of the molecule is Cn1cc(C(c2ccc(Cl)c(Cl)c2)n2ccc(-c3nc(NC4CCOCC4)ncc3F)cc2=O)cn1. The van der Waals surface area contributed by atoms with E-state index in [0.717, 1.165) is 30.2 Å². The van der Waals surface area contributed by atoms with Crippen LogP contribution in [0.5, 0.6) is 0 Å². The largest absolute Gasteiger partial charge is 0.381 e. The summed E-state index contributed by atoms with van der Waals surface area (Å²) in [5.41, 5.74) is 1.59. The van der Waals surface area contributed by atoms with Crippen molar-refractivity contribution in [2.75, 3.05) is 18.5 Å². The number of aromatic nitrogens is 5. The number of nitrogens with one attached hydrogen (secondary N) is 1. The Bertz CT molecular complexity index is 1450. The normalized spacial score (nSPS) is 15.1. The highest BCUT2D eigenvalue weighted by Crippen LogP contribution is 2.31. The highest BCUT2D eigenvalue weighted by molar-refractivity contribution is 6.42. The van der Waals surface area contributed by atoms with E-state index >= 15 is 0 Å². The number of ether oxygens (including phenoxy) is 1. The van der Waals surface area contributed by atoms with E-state index in [4.69, 9.17) is 27.9 Å². The van der Waals surface area contributed by atoms with E-state index in [9.17, 15) is 9.18 Å². The zero-order valence-electron chi connectivity index (χ0n) is 19.4. The number of pyridine rings is 1. The van der Waals surface area contributed by atoms with Crippen molar-refractivity contribution in [3.8, 4) is 11.3 Å². The molecule has 1 fully saturated rings. The van der Waals surface area contributed by atoms with Gasteiger partial charge in [-0.15, -0.1) is 0 Å². The molecule has 36 heavy (non-hydrogen) atoms. The minimum absolute atomic E-state index is 0.0521. The molecule has 0 radical (unpaired) electrons. The molecular formula is C25H23Cl2FN6O2. The molecule has 4 aromatic rings. The standard InChI is InChI=1S/C25H23Cl2FN6O2/c1-33-14-17(12-30-33)24(16-2-3-19(26)20(27)10-16)34-7-4-15(11-22(34)35)23-21(28)13-29-25(32-23)31-18-5-8-36-9-6-18/h2-4,7,10-14,18,24H,5-6,8-9H2,1H3,(H,29,31,32). The van der Waals surface area contributed by atoms with E-state index in [1.54, 1.807) is 46.9 Å². The maximum atomic E-state index is 14.7. The number of aryl methyl sites for hydroxylation is 1. The van der Waals surface area contributed by atoms with Crippen LogP contribution in [0.2, 0.25) is 10.0 Å². The van der Waals surface area contributed by atoms with Gasteiger partial charge in [-0.2, -0.15) is 5.10 Å². The van der Waals surface area contributed by atoms with E-state index in [1.165, 1.54) is 6.07 Å². The molecule has 0 spiro atoms. The Labute approximate surface area is 216 Å². The number of anilines is 1.